The Kier molecular flexibility index (Phi) is 6.46. The lowest BCUT2D eigenvalue weighted by molar-refractivity contribution is -0.123. The van der Waals surface area contributed by atoms with Crippen LogP contribution in [-0.4, -0.2) is 55.1 Å². The number of fused-ring (bicyclic) bond motifs is 1. The predicted octanol–water partition coefficient (Wildman–Crippen LogP) is 2.69. The quantitative estimate of drug-likeness (QED) is 0.749. The summed E-state index contributed by atoms with van der Waals surface area (Å²) < 4.78 is 5.20. The maximum atomic E-state index is 12.8. The van der Waals surface area contributed by atoms with Crippen LogP contribution in [0.5, 0.6) is 5.75 Å². The Labute approximate surface area is 185 Å². The van der Waals surface area contributed by atoms with Crippen molar-refractivity contribution in [2.75, 3.05) is 37.4 Å². The first kappa shape index (κ1) is 21.2. The lowest BCUT2D eigenvalue weighted by Gasteiger charge is -2.29. The zero-order valence-corrected chi connectivity index (χ0v) is 18.2. The molecular formula is C23H25N3O4S. The van der Waals surface area contributed by atoms with Gasteiger partial charge in [0.05, 0.1) is 18.6 Å². The monoisotopic (exact) mass is 439 g/mol. The topological polar surface area (TPSA) is 79.0 Å². The molecule has 2 aliphatic rings. The van der Waals surface area contributed by atoms with E-state index in [1.165, 1.54) is 16.7 Å². The van der Waals surface area contributed by atoms with Gasteiger partial charge < -0.3 is 19.9 Å². The van der Waals surface area contributed by atoms with E-state index in [0.29, 0.717) is 17.8 Å². The van der Waals surface area contributed by atoms with Crippen molar-refractivity contribution < 1.29 is 19.1 Å². The molecular weight excluding hydrogens is 414 g/mol. The van der Waals surface area contributed by atoms with Crippen molar-refractivity contribution in [3.63, 3.8) is 0 Å². The Morgan fingerprint density at radius 2 is 1.94 bits per heavy atom. The van der Waals surface area contributed by atoms with E-state index in [1.54, 1.807) is 13.2 Å². The fraction of sp³-hybridized carbons (Fsp3) is 0.348. The Bertz CT molecular complexity index is 1000. The molecule has 1 N–H and O–H groups in total. The van der Waals surface area contributed by atoms with E-state index in [1.807, 2.05) is 41.3 Å². The van der Waals surface area contributed by atoms with Gasteiger partial charge in [0, 0.05) is 30.1 Å². The van der Waals surface area contributed by atoms with Crippen molar-refractivity contribution in [1.82, 2.24) is 10.2 Å². The van der Waals surface area contributed by atoms with Gasteiger partial charge in [-0.05, 0) is 48.7 Å². The van der Waals surface area contributed by atoms with Crippen LogP contribution in [0.15, 0.2) is 47.4 Å². The zero-order valence-electron chi connectivity index (χ0n) is 17.4. The lowest BCUT2D eigenvalue weighted by Crippen LogP contribution is -2.43. The summed E-state index contributed by atoms with van der Waals surface area (Å²) in [4.78, 5) is 42.2. The molecule has 31 heavy (non-hydrogen) atoms. The summed E-state index contributed by atoms with van der Waals surface area (Å²) in [6.07, 6.45) is 2.04. The molecule has 0 bridgehead atoms. The number of carbonyl (C=O) groups excluding carboxylic acids is 3. The van der Waals surface area contributed by atoms with Gasteiger partial charge >= 0.3 is 0 Å². The van der Waals surface area contributed by atoms with E-state index in [2.05, 4.69) is 5.32 Å². The van der Waals surface area contributed by atoms with Crippen LogP contribution in [0.1, 0.15) is 28.8 Å². The number of benzene rings is 2. The van der Waals surface area contributed by atoms with E-state index in [9.17, 15) is 14.4 Å². The van der Waals surface area contributed by atoms with Crippen molar-refractivity contribution in [2.24, 2.45) is 0 Å². The fourth-order valence-corrected chi connectivity index (χ4v) is 4.71. The number of rotatable bonds is 6. The van der Waals surface area contributed by atoms with Gasteiger partial charge in [0.2, 0.25) is 11.8 Å². The van der Waals surface area contributed by atoms with Crippen molar-refractivity contribution in [1.29, 1.82) is 0 Å². The van der Waals surface area contributed by atoms with E-state index in [0.717, 1.165) is 42.1 Å². The smallest absolute Gasteiger partial charge is 0.253 e. The van der Waals surface area contributed by atoms with Crippen LogP contribution in [0, 0.1) is 0 Å². The highest BCUT2D eigenvalue weighted by molar-refractivity contribution is 8.00. The lowest BCUT2D eigenvalue weighted by atomic mass is 10.1. The first-order valence-corrected chi connectivity index (χ1v) is 11.3. The summed E-state index contributed by atoms with van der Waals surface area (Å²) in [7, 11) is 1.60. The molecule has 0 spiro atoms. The van der Waals surface area contributed by atoms with Crippen LogP contribution in [-0.2, 0) is 16.1 Å². The van der Waals surface area contributed by atoms with Crippen LogP contribution in [0.25, 0.3) is 0 Å². The second-order valence-electron chi connectivity index (χ2n) is 7.58. The molecule has 0 radical (unpaired) electrons. The third-order valence-corrected chi connectivity index (χ3v) is 6.52. The average molecular weight is 440 g/mol. The number of methoxy groups -OCH3 is 1. The molecule has 2 aliphatic heterocycles. The van der Waals surface area contributed by atoms with Gasteiger partial charge in [-0.25, -0.2) is 0 Å². The maximum absolute atomic E-state index is 12.8. The summed E-state index contributed by atoms with van der Waals surface area (Å²) in [6.45, 7) is 1.78. The number of carbonyl (C=O) groups is 3. The molecule has 0 aromatic heterocycles. The number of anilines is 1. The summed E-state index contributed by atoms with van der Waals surface area (Å²) in [5.41, 5.74) is 2.09. The summed E-state index contributed by atoms with van der Waals surface area (Å²) in [6, 6.07) is 12.9. The third kappa shape index (κ3) is 4.85. The molecule has 2 aromatic rings. The number of hydrogen-bond acceptors (Lipinski definition) is 5. The number of ether oxygens (including phenoxy) is 1. The van der Waals surface area contributed by atoms with E-state index in [-0.39, 0.29) is 30.0 Å². The van der Waals surface area contributed by atoms with Crippen LogP contribution >= 0.6 is 11.8 Å². The minimum absolute atomic E-state index is 0.0225. The fourth-order valence-electron chi connectivity index (χ4n) is 3.79. The second kappa shape index (κ2) is 9.43. The first-order valence-electron chi connectivity index (χ1n) is 10.3. The molecule has 2 aromatic carbocycles. The van der Waals surface area contributed by atoms with E-state index >= 15 is 0 Å². The van der Waals surface area contributed by atoms with E-state index < -0.39 is 0 Å². The van der Waals surface area contributed by atoms with Crippen LogP contribution in [0.2, 0.25) is 0 Å². The second-order valence-corrected chi connectivity index (χ2v) is 8.60. The molecule has 1 fully saturated rings. The van der Waals surface area contributed by atoms with Crippen LogP contribution in [0.4, 0.5) is 5.69 Å². The highest BCUT2D eigenvalue weighted by Crippen LogP contribution is 2.36. The zero-order chi connectivity index (χ0) is 21.8. The number of likely N-dealkylation sites (tertiary alicyclic amines) is 1. The standard InChI is InChI=1S/C23H25N3O4S/c1-30-18-6-4-5-16(11-18)13-24-21(27)14-26-19-12-17(23(29)25-9-2-3-10-25)7-8-20(19)31-15-22(26)28/h4-8,11-12H,2-3,9-10,13-15H2,1H3,(H,24,27). The molecule has 8 heteroatoms. The van der Waals surface area contributed by atoms with E-state index in [4.69, 9.17) is 4.74 Å². The van der Waals surface area contributed by atoms with Crippen molar-refractivity contribution in [3.05, 3.63) is 53.6 Å². The Morgan fingerprint density at radius 1 is 1.13 bits per heavy atom. The molecule has 3 amide bonds. The van der Waals surface area contributed by atoms with Crippen molar-refractivity contribution >= 4 is 35.2 Å². The maximum Gasteiger partial charge on any atom is 0.253 e. The first-order chi connectivity index (χ1) is 15.0. The van der Waals surface area contributed by atoms with Gasteiger partial charge in [0.25, 0.3) is 5.91 Å². The highest BCUT2D eigenvalue weighted by Gasteiger charge is 2.28. The molecule has 162 valence electrons. The number of amides is 3. The third-order valence-electron chi connectivity index (χ3n) is 5.47. The van der Waals surface area contributed by atoms with Crippen LogP contribution < -0.4 is 15.0 Å². The van der Waals surface area contributed by atoms with Gasteiger partial charge in [-0.3, -0.25) is 14.4 Å². The van der Waals surface area contributed by atoms with Crippen molar-refractivity contribution in [3.8, 4) is 5.75 Å². The van der Waals surface area contributed by atoms with Gasteiger partial charge in [-0.2, -0.15) is 0 Å². The molecule has 0 aliphatic carbocycles. The summed E-state index contributed by atoms with van der Waals surface area (Å²) in [5.74, 6) is 0.574. The van der Waals surface area contributed by atoms with Gasteiger partial charge in [0.1, 0.15) is 12.3 Å². The molecule has 7 nitrogen and oxygen atoms in total. The average Bonchev–Trinajstić information content (AvgIpc) is 3.34. The van der Waals surface area contributed by atoms with Gasteiger partial charge in [-0.15, -0.1) is 11.8 Å². The number of nitrogens with zero attached hydrogens (tertiary/aromatic N) is 2. The highest BCUT2D eigenvalue weighted by atomic mass is 32.2. The number of thioether (sulfide) groups is 1. The molecule has 0 atom stereocenters. The molecule has 1 saturated heterocycles. The Balaban J connectivity index is 1.46. The normalized spacial score (nSPS) is 15.6. The molecule has 0 saturated carbocycles. The van der Waals surface area contributed by atoms with Crippen molar-refractivity contribution in [2.45, 2.75) is 24.3 Å². The van der Waals surface area contributed by atoms with Gasteiger partial charge in [-0.1, -0.05) is 12.1 Å². The minimum atomic E-state index is -0.259. The number of nitrogens with one attached hydrogen (secondary N) is 1. The molecule has 2 heterocycles. The van der Waals surface area contributed by atoms with Crippen LogP contribution in [0.3, 0.4) is 0 Å². The Morgan fingerprint density at radius 3 is 2.71 bits per heavy atom. The predicted molar refractivity (Wildman–Crippen MR) is 119 cm³/mol. The Hall–Kier alpha value is -3.00. The van der Waals surface area contributed by atoms with Gasteiger partial charge in [0.15, 0.2) is 0 Å². The summed E-state index contributed by atoms with van der Waals surface area (Å²) >= 11 is 1.43. The molecule has 4 rings (SSSR count). The SMILES string of the molecule is COc1cccc(CNC(=O)CN2C(=O)CSc3ccc(C(=O)N4CCCC4)cc32)c1. The number of hydrogen-bond donors (Lipinski definition) is 1. The summed E-state index contributed by atoms with van der Waals surface area (Å²) in [5, 5.41) is 2.86. The minimum Gasteiger partial charge on any atom is -0.497 e. The molecule has 0 unspecified atom stereocenters. The largest absolute Gasteiger partial charge is 0.497 e.